The fourth-order valence-corrected chi connectivity index (χ4v) is 2.30. The van der Waals surface area contributed by atoms with Crippen LogP contribution in [0.3, 0.4) is 0 Å². The van der Waals surface area contributed by atoms with Crippen molar-refractivity contribution in [2.24, 2.45) is 0 Å². The average molecular weight is 309 g/mol. The summed E-state index contributed by atoms with van der Waals surface area (Å²) in [5.74, 6) is 2.20. The summed E-state index contributed by atoms with van der Waals surface area (Å²) >= 11 is 5.97. The van der Waals surface area contributed by atoms with Gasteiger partial charge in [0.1, 0.15) is 17.9 Å². The van der Waals surface area contributed by atoms with Crippen LogP contribution in [0.15, 0.2) is 24.5 Å². The van der Waals surface area contributed by atoms with Gasteiger partial charge in [-0.2, -0.15) is 5.10 Å². The minimum Gasteiger partial charge on any atom is -0.494 e. The number of rotatable bonds is 8. The number of aryl methyl sites for hydroxylation is 1. The molecule has 0 aliphatic carbocycles. The van der Waals surface area contributed by atoms with Gasteiger partial charge in [-0.1, -0.05) is 6.92 Å². The quantitative estimate of drug-likeness (QED) is 0.759. The maximum absolute atomic E-state index is 5.97. The first-order valence-electron chi connectivity index (χ1n) is 7.20. The fraction of sp³-hybridized carbons (Fsp3) is 0.467. The second kappa shape index (κ2) is 7.88. The standard InChI is InChI=1S/C15H21ClN4O/c1-3-7-20-15(18-11-19-20)10-17-13-5-6-14(21-4-2)12(8-13)9-16/h5-6,8,11,17H,3-4,7,9-10H2,1-2H3. The Kier molecular flexibility index (Phi) is 5.87. The highest BCUT2D eigenvalue weighted by atomic mass is 35.5. The van der Waals surface area contributed by atoms with E-state index >= 15 is 0 Å². The van der Waals surface area contributed by atoms with Crippen molar-refractivity contribution in [1.82, 2.24) is 14.8 Å². The molecule has 0 saturated heterocycles. The maximum Gasteiger partial charge on any atom is 0.146 e. The lowest BCUT2D eigenvalue weighted by molar-refractivity contribution is 0.337. The van der Waals surface area contributed by atoms with Crippen LogP contribution in [0, 0.1) is 0 Å². The van der Waals surface area contributed by atoms with Crippen LogP contribution in [0.1, 0.15) is 31.7 Å². The number of benzene rings is 1. The number of hydrogen-bond acceptors (Lipinski definition) is 4. The Balaban J connectivity index is 2.04. The molecule has 0 atom stereocenters. The summed E-state index contributed by atoms with van der Waals surface area (Å²) in [6.45, 7) is 6.24. The zero-order valence-electron chi connectivity index (χ0n) is 12.5. The van der Waals surface area contributed by atoms with Gasteiger partial charge >= 0.3 is 0 Å². The van der Waals surface area contributed by atoms with E-state index in [4.69, 9.17) is 16.3 Å². The smallest absolute Gasteiger partial charge is 0.146 e. The van der Waals surface area contributed by atoms with Crippen molar-refractivity contribution < 1.29 is 4.74 Å². The van der Waals surface area contributed by atoms with Gasteiger partial charge in [0.15, 0.2) is 0 Å². The SMILES string of the molecule is CCCn1ncnc1CNc1ccc(OCC)c(CCl)c1. The van der Waals surface area contributed by atoms with Gasteiger partial charge < -0.3 is 10.1 Å². The third-order valence-electron chi connectivity index (χ3n) is 3.09. The molecule has 1 aromatic carbocycles. The monoisotopic (exact) mass is 308 g/mol. The molecule has 21 heavy (non-hydrogen) atoms. The number of nitrogens with one attached hydrogen (secondary N) is 1. The zero-order chi connectivity index (χ0) is 15.1. The van der Waals surface area contributed by atoms with Crippen LogP contribution in [0.25, 0.3) is 0 Å². The van der Waals surface area contributed by atoms with Crippen molar-refractivity contribution >= 4 is 17.3 Å². The summed E-state index contributed by atoms with van der Waals surface area (Å²) in [4.78, 5) is 4.28. The van der Waals surface area contributed by atoms with Gasteiger partial charge in [-0.25, -0.2) is 9.67 Å². The van der Waals surface area contributed by atoms with Gasteiger partial charge in [-0.3, -0.25) is 0 Å². The molecule has 1 aromatic heterocycles. The molecule has 1 N–H and O–H groups in total. The Labute approximate surface area is 130 Å². The first-order valence-corrected chi connectivity index (χ1v) is 7.74. The molecule has 5 nitrogen and oxygen atoms in total. The van der Waals surface area contributed by atoms with Crippen molar-refractivity contribution in [1.29, 1.82) is 0 Å². The van der Waals surface area contributed by atoms with Gasteiger partial charge in [-0.05, 0) is 31.5 Å². The van der Waals surface area contributed by atoms with E-state index < -0.39 is 0 Å². The molecule has 6 heteroatoms. The molecule has 2 rings (SSSR count). The Hall–Kier alpha value is -1.75. The van der Waals surface area contributed by atoms with E-state index in [9.17, 15) is 0 Å². The Morgan fingerprint density at radius 3 is 2.90 bits per heavy atom. The first-order chi connectivity index (χ1) is 10.3. The Morgan fingerprint density at radius 2 is 2.19 bits per heavy atom. The highest BCUT2D eigenvalue weighted by Gasteiger charge is 2.06. The number of hydrogen-bond donors (Lipinski definition) is 1. The maximum atomic E-state index is 5.97. The summed E-state index contributed by atoms with van der Waals surface area (Å²) in [6.07, 6.45) is 2.63. The third-order valence-corrected chi connectivity index (χ3v) is 3.37. The number of aromatic nitrogens is 3. The summed E-state index contributed by atoms with van der Waals surface area (Å²) in [6, 6.07) is 5.94. The van der Waals surface area contributed by atoms with Gasteiger partial charge in [-0.15, -0.1) is 11.6 Å². The number of alkyl halides is 1. The van der Waals surface area contributed by atoms with Gasteiger partial charge in [0.05, 0.1) is 19.0 Å². The molecule has 2 aromatic rings. The van der Waals surface area contributed by atoms with Gasteiger partial charge in [0.2, 0.25) is 0 Å². The minimum absolute atomic E-state index is 0.427. The molecule has 0 amide bonds. The van der Waals surface area contributed by atoms with E-state index in [0.29, 0.717) is 19.0 Å². The molecule has 0 fully saturated rings. The van der Waals surface area contributed by atoms with Crippen LogP contribution >= 0.6 is 11.6 Å². The van der Waals surface area contributed by atoms with Crippen LogP contribution in [-0.2, 0) is 19.0 Å². The minimum atomic E-state index is 0.427. The van der Waals surface area contributed by atoms with Crippen molar-refractivity contribution in [3.05, 3.63) is 35.9 Å². The average Bonchev–Trinajstić information content (AvgIpc) is 2.94. The van der Waals surface area contributed by atoms with Gasteiger partial charge in [0, 0.05) is 17.8 Å². The molecule has 0 aliphatic heterocycles. The molecule has 0 aliphatic rings. The predicted molar refractivity (Wildman–Crippen MR) is 84.8 cm³/mol. The lowest BCUT2D eigenvalue weighted by Crippen LogP contribution is -2.10. The van der Waals surface area contributed by atoms with E-state index in [2.05, 4.69) is 22.3 Å². The zero-order valence-corrected chi connectivity index (χ0v) is 13.2. The third kappa shape index (κ3) is 4.11. The van der Waals surface area contributed by atoms with Crippen LogP contribution in [0.5, 0.6) is 5.75 Å². The van der Waals surface area contributed by atoms with Crippen LogP contribution in [0.4, 0.5) is 5.69 Å². The lowest BCUT2D eigenvalue weighted by atomic mass is 10.2. The second-order valence-corrected chi connectivity index (χ2v) is 4.91. The van der Waals surface area contributed by atoms with E-state index in [0.717, 1.165) is 35.8 Å². The van der Waals surface area contributed by atoms with E-state index in [-0.39, 0.29) is 0 Å². The molecule has 114 valence electrons. The van der Waals surface area contributed by atoms with Crippen molar-refractivity contribution in [3.63, 3.8) is 0 Å². The Morgan fingerprint density at radius 1 is 1.33 bits per heavy atom. The topological polar surface area (TPSA) is 52.0 Å². The van der Waals surface area contributed by atoms with Gasteiger partial charge in [0.25, 0.3) is 0 Å². The summed E-state index contributed by atoms with van der Waals surface area (Å²) in [7, 11) is 0. The lowest BCUT2D eigenvalue weighted by Gasteiger charge is -2.12. The first kappa shape index (κ1) is 15.6. The van der Waals surface area contributed by atoms with E-state index in [1.165, 1.54) is 0 Å². The van der Waals surface area contributed by atoms with Crippen LogP contribution < -0.4 is 10.1 Å². The van der Waals surface area contributed by atoms with E-state index in [1.807, 2.05) is 29.8 Å². The molecule has 0 bridgehead atoms. The number of anilines is 1. The second-order valence-electron chi connectivity index (χ2n) is 4.64. The van der Waals surface area contributed by atoms with Crippen LogP contribution in [0.2, 0.25) is 0 Å². The molecular formula is C15H21ClN4O. The normalized spacial score (nSPS) is 10.6. The van der Waals surface area contributed by atoms with Crippen molar-refractivity contribution in [2.45, 2.75) is 39.2 Å². The molecule has 0 saturated carbocycles. The summed E-state index contributed by atoms with van der Waals surface area (Å²) in [5, 5.41) is 7.57. The largest absolute Gasteiger partial charge is 0.494 e. The number of nitrogens with zero attached hydrogens (tertiary/aromatic N) is 3. The number of halogens is 1. The fourth-order valence-electron chi connectivity index (χ4n) is 2.09. The summed E-state index contributed by atoms with van der Waals surface area (Å²) in [5.41, 5.74) is 1.98. The predicted octanol–water partition coefficient (Wildman–Crippen LogP) is 3.44. The molecule has 0 unspecified atom stereocenters. The molecule has 0 radical (unpaired) electrons. The highest BCUT2D eigenvalue weighted by molar-refractivity contribution is 6.17. The number of ether oxygens (including phenoxy) is 1. The highest BCUT2D eigenvalue weighted by Crippen LogP contribution is 2.24. The molecule has 1 heterocycles. The Bertz CT molecular complexity index is 571. The summed E-state index contributed by atoms with van der Waals surface area (Å²) < 4.78 is 7.47. The van der Waals surface area contributed by atoms with E-state index in [1.54, 1.807) is 6.33 Å². The van der Waals surface area contributed by atoms with Crippen molar-refractivity contribution in [3.8, 4) is 5.75 Å². The van der Waals surface area contributed by atoms with Crippen molar-refractivity contribution in [2.75, 3.05) is 11.9 Å². The molecular weight excluding hydrogens is 288 g/mol. The van der Waals surface area contributed by atoms with Crippen LogP contribution in [-0.4, -0.2) is 21.4 Å². The molecule has 0 spiro atoms.